The highest BCUT2D eigenvalue weighted by molar-refractivity contribution is 7.90. The smallest absolute Gasteiger partial charge is 0.385 e. The molecule has 23 heavy (non-hydrogen) atoms. The van der Waals surface area contributed by atoms with Crippen LogP contribution in [-0.4, -0.2) is 29.4 Å². The Balaban J connectivity index is 3.12. The van der Waals surface area contributed by atoms with Gasteiger partial charge in [-0.05, 0) is 44.1 Å². The molecule has 7 heteroatoms. The average Bonchev–Trinajstić information content (AvgIpc) is 2.33. The van der Waals surface area contributed by atoms with Gasteiger partial charge in [0.05, 0.1) is 11.5 Å². The lowest BCUT2D eigenvalue weighted by molar-refractivity contribution is 0.152. The van der Waals surface area contributed by atoms with E-state index in [9.17, 15) is 8.42 Å². The largest absolute Gasteiger partial charge is 0.505 e. The number of hydrogen-bond donors (Lipinski definition) is 0. The van der Waals surface area contributed by atoms with E-state index in [1.807, 2.05) is 47.3 Å². The van der Waals surface area contributed by atoms with Crippen molar-refractivity contribution in [2.24, 2.45) is 9.81 Å². The molecule has 0 saturated heterocycles. The van der Waals surface area contributed by atoms with Gasteiger partial charge < -0.3 is 9.16 Å². The summed E-state index contributed by atoms with van der Waals surface area (Å²) in [5.74, 6) is 0. The highest BCUT2D eigenvalue weighted by atomic mass is 32.2. The molecular formula is C16H27NO4SSi. The van der Waals surface area contributed by atoms with E-state index in [1.165, 1.54) is 12.1 Å². The molecule has 0 bridgehead atoms. The van der Waals surface area contributed by atoms with Gasteiger partial charge in [0.25, 0.3) is 10.0 Å². The summed E-state index contributed by atoms with van der Waals surface area (Å²) in [7, 11) is -5.90. The number of ether oxygens (including phenoxy) is 1. The zero-order chi connectivity index (χ0) is 17.9. The number of aryl methyl sites for hydroxylation is 1. The molecule has 0 fully saturated rings. The highest BCUT2D eigenvalue weighted by Crippen LogP contribution is 2.18. The Hall–Kier alpha value is -1.34. The Morgan fingerprint density at radius 1 is 1.13 bits per heavy atom. The minimum Gasteiger partial charge on any atom is -0.505 e. The molecule has 0 aliphatic rings. The fourth-order valence-electron chi connectivity index (χ4n) is 1.48. The van der Waals surface area contributed by atoms with Crippen LogP contribution in [0.5, 0.6) is 0 Å². The summed E-state index contributed by atoms with van der Waals surface area (Å²) in [5, 5.41) is 0. The van der Waals surface area contributed by atoms with Crippen molar-refractivity contribution in [3.05, 3.63) is 29.8 Å². The predicted octanol–water partition coefficient (Wildman–Crippen LogP) is 3.95. The van der Waals surface area contributed by atoms with Gasteiger partial charge in [0, 0.05) is 0 Å². The van der Waals surface area contributed by atoms with Gasteiger partial charge in [0.1, 0.15) is 0 Å². The summed E-state index contributed by atoms with van der Waals surface area (Å²) in [5.41, 5.74) is 0.854. The van der Waals surface area contributed by atoms with Crippen LogP contribution in [0, 0.1) is 12.3 Å². The first-order valence-corrected chi connectivity index (χ1v) is 12.4. The van der Waals surface area contributed by atoms with Crippen molar-refractivity contribution >= 4 is 24.4 Å². The van der Waals surface area contributed by atoms with Gasteiger partial charge in [-0.3, -0.25) is 0 Å². The molecule has 1 aromatic rings. The number of benzene rings is 1. The van der Waals surface area contributed by atoms with Crippen LogP contribution >= 0.6 is 0 Å². The lowest BCUT2D eigenvalue weighted by Crippen LogP contribution is -2.32. The van der Waals surface area contributed by atoms with Gasteiger partial charge >= 0.3 is 6.08 Å². The lowest BCUT2D eigenvalue weighted by Gasteiger charge is -2.23. The topological polar surface area (TPSA) is 65.0 Å². The third kappa shape index (κ3) is 7.65. The molecule has 0 aliphatic heterocycles. The van der Waals surface area contributed by atoms with Crippen LogP contribution in [0.1, 0.15) is 26.3 Å². The van der Waals surface area contributed by atoms with Crippen LogP contribution in [-0.2, 0) is 19.2 Å². The molecule has 1 rings (SSSR count). The monoisotopic (exact) mass is 357 g/mol. The normalized spacial score (nSPS) is 13.8. The summed E-state index contributed by atoms with van der Waals surface area (Å²) in [6.07, 6.45) is -0.167. The van der Waals surface area contributed by atoms with Gasteiger partial charge in [0.2, 0.25) is 8.32 Å². The third-order valence-electron chi connectivity index (χ3n) is 2.54. The summed E-state index contributed by atoms with van der Waals surface area (Å²) in [6.45, 7) is 14.0. The van der Waals surface area contributed by atoms with Crippen LogP contribution in [0.2, 0.25) is 19.6 Å². The molecule has 0 atom stereocenters. The molecule has 1 aromatic carbocycles. The SMILES string of the molecule is Cc1ccc(S(=O)(=O)/N=C(/OCC(C)(C)C)O[Si](C)(C)C)cc1. The Bertz CT molecular complexity index is 653. The van der Waals surface area contributed by atoms with Crippen molar-refractivity contribution < 1.29 is 17.6 Å². The van der Waals surface area contributed by atoms with Crippen molar-refractivity contribution in [2.75, 3.05) is 6.61 Å². The highest BCUT2D eigenvalue weighted by Gasteiger charge is 2.24. The number of hydrogen-bond acceptors (Lipinski definition) is 4. The molecule has 0 unspecified atom stereocenters. The minimum atomic E-state index is -3.86. The van der Waals surface area contributed by atoms with Crippen molar-refractivity contribution in [1.29, 1.82) is 0 Å². The molecule has 0 aromatic heterocycles. The van der Waals surface area contributed by atoms with E-state index >= 15 is 0 Å². The quantitative estimate of drug-likeness (QED) is 0.465. The van der Waals surface area contributed by atoms with Crippen molar-refractivity contribution in [1.82, 2.24) is 0 Å². The molecule has 0 amide bonds. The first-order chi connectivity index (χ1) is 10.3. The summed E-state index contributed by atoms with van der Waals surface area (Å²) in [6, 6.07) is 6.53. The second-order valence-corrected chi connectivity index (χ2v) is 13.7. The van der Waals surface area contributed by atoms with Gasteiger partial charge in [-0.15, -0.1) is 0 Å². The molecule has 130 valence electrons. The second kappa shape index (κ2) is 7.05. The first kappa shape index (κ1) is 19.7. The van der Waals surface area contributed by atoms with Gasteiger partial charge in [-0.25, -0.2) is 0 Å². The second-order valence-electron chi connectivity index (χ2n) is 7.71. The Labute approximate surface area is 140 Å². The van der Waals surface area contributed by atoms with Crippen LogP contribution < -0.4 is 0 Å². The van der Waals surface area contributed by atoms with E-state index in [4.69, 9.17) is 9.16 Å². The van der Waals surface area contributed by atoms with Crippen LogP contribution in [0.4, 0.5) is 0 Å². The predicted molar refractivity (Wildman–Crippen MR) is 95.6 cm³/mol. The Morgan fingerprint density at radius 2 is 1.65 bits per heavy atom. The molecule has 0 aliphatic carbocycles. The van der Waals surface area contributed by atoms with Crippen LogP contribution in [0.3, 0.4) is 0 Å². The van der Waals surface area contributed by atoms with Crippen molar-refractivity contribution in [3.63, 3.8) is 0 Å². The number of nitrogens with zero attached hydrogens (tertiary/aromatic N) is 1. The number of rotatable bonds is 4. The van der Waals surface area contributed by atoms with Gasteiger partial charge in [-0.1, -0.05) is 42.9 Å². The molecule has 0 N–H and O–H groups in total. The summed E-state index contributed by atoms with van der Waals surface area (Å²) in [4.78, 5) is 0.124. The summed E-state index contributed by atoms with van der Waals surface area (Å²) >= 11 is 0. The zero-order valence-corrected chi connectivity index (χ0v) is 16.8. The van der Waals surface area contributed by atoms with Gasteiger partial charge in [-0.2, -0.15) is 8.42 Å². The van der Waals surface area contributed by atoms with E-state index in [0.717, 1.165) is 5.56 Å². The third-order valence-corrected chi connectivity index (χ3v) is 4.58. The maximum atomic E-state index is 12.4. The standard InChI is InChI=1S/C16H27NO4SSi/c1-13-8-10-14(11-9-13)22(18,19)17-15(21-23(5,6)7)20-12-16(2,3)4/h8-11H,12H2,1-7H3/b17-15-. The minimum absolute atomic E-state index is 0.124. The Morgan fingerprint density at radius 3 is 2.09 bits per heavy atom. The number of sulfonamides is 1. The fraction of sp³-hybridized carbons (Fsp3) is 0.562. The van der Waals surface area contributed by atoms with E-state index in [1.54, 1.807) is 12.1 Å². The van der Waals surface area contributed by atoms with Gasteiger partial charge in [0.15, 0.2) is 0 Å². The van der Waals surface area contributed by atoms with E-state index in [2.05, 4.69) is 4.40 Å². The molecular weight excluding hydrogens is 330 g/mol. The van der Waals surface area contributed by atoms with E-state index in [-0.39, 0.29) is 16.4 Å². The molecule has 0 spiro atoms. The van der Waals surface area contributed by atoms with Crippen LogP contribution in [0.25, 0.3) is 0 Å². The van der Waals surface area contributed by atoms with E-state index < -0.39 is 18.3 Å². The molecule has 0 saturated carbocycles. The van der Waals surface area contributed by atoms with Crippen LogP contribution in [0.15, 0.2) is 33.6 Å². The average molecular weight is 358 g/mol. The maximum absolute atomic E-state index is 12.4. The first-order valence-electron chi connectivity index (χ1n) is 7.52. The summed E-state index contributed by atoms with van der Waals surface area (Å²) < 4.78 is 39.9. The maximum Gasteiger partial charge on any atom is 0.385 e. The Kier molecular flexibility index (Phi) is 6.04. The molecule has 0 heterocycles. The zero-order valence-electron chi connectivity index (χ0n) is 15.0. The van der Waals surface area contributed by atoms with Crippen molar-refractivity contribution in [3.8, 4) is 0 Å². The lowest BCUT2D eigenvalue weighted by atomic mass is 9.99. The molecule has 0 radical (unpaired) electrons. The van der Waals surface area contributed by atoms with E-state index in [0.29, 0.717) is 6.61 Å². The molecule has 5 nitrogen and oxygen atoms in total. The van der Waals surface area contributed by atoms with Crippen molar-refractivity contribution in [2.45, 2.75) is 52.2 Å². The fourth-order valence-corrected chi connectivity index (χ4v) is 3.04.